The fourth-order valence-corrected chi connectivity index (χ4v) is 4.02. The number of carbonyl (C=O) groups is 1. The number of nitrogens with one attached hydrogen (secondary N) is 2. The molecule has 0 saturated heterocycles. The van der Waals surface area contributed by atoms with E-state index in [4.69, 9.17) is 0 Å². The number of anilines is 1. The maximum Gasteiger partial charge on any atom is 0.234 e. The Kier molecular flexibility index (Phi) is 6.06. The zero-order valence-electron chi connectivity index (χ0n) is 16.5. The number of imidazole rings is 1. The van der Waals surface area contributed by atoms with Gasteiger partial charge in [-0.1, -0.05) is 58.0 Å². The molecule has 2 aromatic heterocycles. The van der Waals surface area contributed by atoms with Crippen LogP contribution in [0.3, 0.4) is 0 Å². The monoisotopic (exact) mass is 481 g/mol. The zero-order valence-corrected chi connectivity index (χ0v) is 18.9. The molecule has 30 heavy (non-hydrogen) atoms. The number of hydrogen-bond acceptors (Lipinski definition) is 4. The molecule has 0 aliphatic rings. The first-order chi connectivity index (χ1) is 14.5. The van der Waals surface area contributed by atoms with Gasteiger partial charge in [-0.15, -0.1) is 0 Å². The van der Waals surface area contributed by atoms with Gasteiger partial charge in [-0.2, -0.15) is 5.10 Å². The fraction of sp³-hybridized carbons (Fsp3) is 0.136. The van der Waals surface area contributed by atoms with Gasteiger partial charge in [0.05, 0.1) is 40.4 Å². The van der Waals surface area contributed by atoms with Crippen molar-refractivity contribution in [3.8, 4) is 16.9 Å². The third-order valence-electron chi connectivity index (χ3n) is 4.60. The number of H-pyrrole nitrogens is 1. The number of rotatable bonds is 6. The van der Waals surface area contributed by atoms with Crippen LogP contribution < -0.4 is 5.32 Å². The number of carbonyl (C=O) groups excluding carboxylic acids is 1. The van der Waals surface area contributed by atoms with Gasteiger partial charge in [0.25, 0.3) is 0 Å². The molecule has 2 aromatic carbocycles. The van der Waals surface area contributed by atoms with Crippen LogP contribution in [-0.2, 0) is 4.79 Å². The molecule has 0 saturated carbocycles. The van der Waals surface area contributed by atoms with Gasteiger partial charge in [0, 0.05) is 4.47 Å². The van der Waals surface area contributed by atoms with Crippen molar-refractivity contribution in [3.05, 3.63) is 76.7 Å². The molecule has 2 heterocycles. The average Bonchev–Trinajstić information content (AvgIpc) is 3.34. The molecular formula is C22H20BrN5OS. The lowest BCUT2D eigenvalue weighted by atomic mass is 10.2. The van der Waals surface area contributed by atoms with E-state index >= 15 is 0 Å². The number of aryl methyl sites for hydroxylation is 1. The second-order valence-electron chi connectivity index (χ2n) is 6.74. The molecule has 2 N–H and O–H groups in total. The van der Waals surface area contributed by atoms with Crippen molar-refractivity contribution in [2.75, 3.05) is 11.1 Å². The lowest BCUT2D eigenvalue weighted by molar-refractivity contribution is -0.113. The van der Waals surface area contributed by atoms with E-state index < -0.39 is 0 Å². The number of aromatic amines is 1. The number of aromatic nitrogens is 4. The summed E-state index contributed by atoms with van der Waals surface area (Å²) in [6.07, 6.45) is 1.78. The molecule has 0 aliphatic heterocycles. The Morgan fingerprint density at radius 2 is 1.87 bits per heavy atom. The van der Waals surface area contributed by atoms with Crippen molar-refractivity contribution >= 4 is 39.3 Å². The Morgan fingerprint density at radius 3 is 2.60 bits per heavy atom. The summed E-state index contributed by atoms with van der Waals surface area (Å²) in [7, 11) is 0. The van der Waals surface area contributed by atoms with Crippen LogP contribution >= 0.6 is 27.7 Å². The van der Waals surface area contributed by atoms with Crippen LogP contribution in [0.5, 0.6) is 0 Å². The van der Waals surface area contributed by atoms with Crippen LogP contribution in [0.4, 0.5) is 5.69 Å². The van der Waals surface area contributed by atoms with Crippen molar-refractivity contribution < 1.29 is 4.79 Å². The van der Waals surface area contributed by atoms with E-state index in [2.05, 4.69) is 36.3 Å². The molecule has 4 aromatic rings. The average molecular weight is 482 g/mol. The molecule has 0 unspecified atom stereocenters. The highest BCUT2D eigenvalue weighted by molar-refractivity contribution is 9.10. The second kappa shape index (κ2) is 8.89. The van der Waals surface area contributed by atoms with E-state index in [0.29, 0.717) is 5.16 Å². The Morgan fingerprint density at radius 1 is 1.13 bits per heavy atom. The third-order valence-corrected chi connectivity index (χ3v) is 6.02. The summed E-state index contributed by atoms with van der Waals surface area (Å²) in [5.74, 6) is 0.156. The minimum absolute atomic E-state index is 0.0968. The van der Waals surface area contributed by atoms with Crippen LogP contribution in [0.15, 0.2) is 70.4 Å². The molecule has 0 aliphatic carbocycles. The van der Waals surface area contributed by atoms with Crippen molar-refractivity contribution in [3.63, 3.8) is 0 Å². The first kappa shape index (κ1) is 20.4. The number of thioether (sulfide) groups is 1. The predicted octanol–water partition coefficient (Wildman–Crippen LogP) is 5.37. The third kappa shape index (κ3) is 4.49. The molecule has 0 radical (unpaired) electrons. The van der Waals surface area contributed by atoms with Crippen LogP contribution in [0.25, 0.3) is 16.9 Å². The summed E-state index contributed by atoms with van der Waals surface area (Å²) in [6.45, 7) is 3.85. The number of nitrogens with zero attached hydrogens (tertiary/aromatic N) is 3. The number of halogens is 1. The number of benzene rings is 2. The minimum atomic E-state index is -0.0968. The lowest BCUT2D eigenvalue weighted by Crippen LogP contribution is -2.15. The topological polar surface area (TPSA) is 75.6 Å². The van der Waals surface area contributed by atoms with Crippen LogP contribution in [0.2, 0.25) is 0 Å². The number of hydrogen-bond donors (Lipinski definition) is 2. The van der Waals surface area contributed by atoms with E-state index in [0.717, 1.165) is 38.5 Å². The fourth-order valence-electron chi connectivity index (χ4n) is 3.11. The van der Waals surface area contributed by atoms with Crippen molar-refractivity contribution in [2.24, 2.45) is 0 Å². The van der Waals surface area contributed by atoms with Gasteiger partial charge < -0.3 is 10.3 Å². The zero-order chi connectivity index (χ0) is 21.1. The van der Waals surface area contributed by atoms with E-state index in [-0.39, 0.29) is 11.7 Å². The van der Waals surface area contributed by atoms with Gasteiger partial charge in [0.15, 0.2) is 5.16 Å². The molecule has 0 bridgehead atoms. The van der Waals surface area contributed by atoms with Gasteiger partial charge >= 0.3 is 0 Å². The molecule has 152 valence electrons. The predicted molar refractivity (Wildman–Crippen MR) is 124 cm³/mol. The summed E-state index contributed by atoms with van der Waals surface area (Å²) >= 11 is 4.80. The smallest absolute Gasteiger partial charge is 0.234 e. The van der Waals surface area contributed by atoms with Gasteiger partial charge in [0.2, 0.25) is 5.91 Å². The maximum atomic E-state index is 12.5. The number of para-hydroxylation sites is 1. The van der Waals surface area contributed by atoms with E-state index in [1.54, 1.807) is 6.20 Å². The first-order valence-electron chi connectivity index (χ1n) is 9.36. The molecule has 6 nitrogen and oxygen atoms in total. The highest BCUT2D eigenvalue weighted by Crippen LogP contribution is 2.25. The van der Waals surface area contributed by atoms with Crippen molar-refractivity contribution in [2.45, 2.75) is 19.0 Å². The largest absolute Gasteiger partial charge is 0.333 e. The Bertz CT molecular complexity index is 1170. The molecular weight excluding hydrogens is 462 g/mol. The summed E-state index contributed by atoms with van der Waals surface area (Å²) in [4.78, 5) is 20.2. The summed E-state index contributed by atoms with van der Waals surface area (Å²) < 4.78 is 2.87. The summed E-state index contributed by atoms with van der Waals surface area (Å²) in [5.41, 5.74) is 5.35. The SMILES string of the molecule is Cc1nn(-c2ccccc2)c(C)c1NC(=O)CSc1ncc(-c2ccc(Br)cc2)[nH]1. The molecule has 0 fully saturated rings. The van der Waals surface area contributed by atoms with E-state index in [9.17, 15) is 4.79 Å². The molecule has 4 rings (SSSR count). The summed E-state index contributed by atoms with van der Waals surface area (Å²) in [5, 5.41) is 8.27. The van der Waals surface area contributed by atoms with Gasteiger partial charge in [-0.3, -0.25) is 4.79 Å². The second-order valence-corrected chi connectivity index (χ2v) is 8.62. The molecule has 0 spiro atoms. The van der Waals surface area contributed by atoms with Gasteiger partial charge in [-0.05, 0) is 43.7 Å². The summed E-state index contributed by atoms with van der Waals surface area (Å²) in [6, 6.07) is 17.9. The highest BCUT2D eigenvalue weighted by atomic mass is 79.9. The standard InChI is InChI=1S/C22H20BrN5OS/c1-14-21(15(2)28(27-14)18-6-4-3-5-7-18)26-20(29)13-30-22-24-12-19(25-22)16-8-10-17(23)11-9-16/h3-12H,13H2,1-2H3,(H,24,25)(H,26,29). The van der Waals surface area contributed by atoms with Gasteiger partial charge in [-0.25, -0.2) is 9.67 Å². The first-order valence-corrected chi connectivity index (χ1v) is 11.1. The van der Waals surface area contributed by atoms with E-state index in [1.165, 1.54) is 11.8 Å². The van der Waals surface area contributed by atoms with Crippen molar-refractivity contribution in [1.29, 1.82) is 0 Å². The highest BCUT2D eigenvalue weighted by Gasteiger charge is 2.16. The Labute approximate surface area is 187 Å². The van der Waals surface area contributed by atoms with Crippen LogP contribution in [0.1, 0.15) is 11.4 Å². The Balaban J connectivity index is 1.40. The maximum absolute atomic E-state index is 12.5. The van der Waals surface area contributed by atoms with Crippen LogP contribution in [0, 0.1) is 13.8 Å². The molecule has 0 atom stereocenters. The minimum Gasteiger partial charge on any atom is -0.333 e. The van der Waals surface area contributed by atoms with E-state index in [1.807, 2.05) is 73.1 Å². The van der Waals surface area contributed by atoms with Gasteiger partial charge in [0.1, 0.15) is 0 Å². The molecule has 8 heteroatoms. The quantitative estimate of drug-likeness (QED) is 0.362. The van der Waals surface area contributed by atoms with Crippen molar-refractivity contribution in [1.82, 2.24) is 19.7 Å². The normalized spacial score (nSPS) is 10.9. The Hall–Kier alpha value is -2.84. The number of amides is 1. The lowest BCUT2D eigenvalue weighted by Gasteiger charge is -2.06. The molecule has 1 amide bonds. The van der Waals surface area contributed by atoms with Crippen LogP contribution in [-0.4, -0.2) is 31.4 Å².